The highest BCUT2D eigenvalue weighted by atomic mass is 35.5. The molecule has 2 aliphatic heterocycles. The molecule has 3 heterocycles. The van der Waals surface area contributed by atoms with Crippen molar-refractivity contribution < 1.29 is 14.3 Å². The van der Waals surface area contributed by atoms with Gasteiger partial charge in [0.05, 0.1) is 23.1 Å². The summed E-state index contributed by atoms with van der Waals surface area (Å²) in [7, 11) is 1.61. The Morgan fingerprint density at radius 3 is 3.08 bits per heavy atom. The van der Waals surface area contributed by atoms with Crippen LogP contribution in [-0.4, -0.2) is 59.9 Å². The van der Waals surface area contributed by atoms with Crippen molar-refractivity contribution in [3.05, 3.63) is 34.5 Å². The molecule has 1 N–H and O–H groups in total. The van der Waals surface area contributed by atoms with Crippen LogP contribution in [0.5, 0.6) is 0 Å². The van der Waals surface area contributed by atoms with E-state index in [1.807, 2.05) is 23.1 Å². The van der Waals surface area contributed by atoms with Crippen LogP contribution in [0, 0.1) is 5.92 Å². The first-order valence-electron chi connectivity index (χ1n) is 8.92. The Balaban J connectivity index is 1.50. The standard InChI is InChI=1S/C19H22ClN3O3/c1-26-8-7-22-10-12(9-17(22)24)19(25)23-6-5-16-14(11-23)13-3-2-4-15(20)18(13)21-16/h2-4,12,21H,5-11H2,1H3/t12-/m0/s1. The summed E-state index contributed by atoms with van der Waals surface area (Å²) in [5.74, 6) is -0.146. The number of amides is 2. The first kappa shape index (κ1) is 17.4. The van der Waals surface area contributed by atoms with Crippen molar-refractivity contribution in [3.8, 4) is 0 Å². The fraction of sp³-hybridized carbons (Fsp3) is 0.474. The maximum absolute atomic E-state index is 13.0. The van der Waals surface area contributed by atoms with E-state index in [0.717, 1.165) is 28.6 Å². The van der Waals surface area contributed by atoms with Crippen LogP contribution in [0.4, 0.5) is 0 Å². The molecule has 0 unspecified atom stereocenters. The summed E-state index contributed by atoms with van der Waals surface area (Å²) in [6.45, 7) is 2.76. The molecule has 0 spiro atoms. The van der Waals surface area contributed by atoms with Crippen molar-refractivity contribution >= 4 is 34.3 Å². The number of halogens is 1. The van der Waals surface area contributed by atoms with Crippen LogP contribution in [0.2, 0.25) is 5.02 Å². The number of carbonyl (C=O) groups is 2. The molecule has 0 saturated carbocycles. The summed E-state index contributed by atoms with van der Waals surface area (Å²) >= 11 is 6.29. The Kier molecular flexibility index (Phi) is 4.63. The van der Waals surface area contributed by atoms with Crippen molar-refractivity contribution in [2.75, 3.05) is 33.4 Å². The second-order valence-electron chi connectivity index (χ2n) is 6.99. The molecule has 26 heavy (non-hydrogen) atoms. The van der Waals surface area contributed by atoms with Gasteiger partial charge < -0.3 is 19.5 Å². The van der Waals surface area contributed by atoms with Crippen molar-refractivity contribution in [3.63, 3.8) is 0 Å². The summed E-state index contributed by atoms with van der Waals surface area (Å²) in [6.07, 6.45) is 1.08. The van der Waals surface area contributed by atoms with E-state index in [1.165, 1.54) is 0 Å². The van der Waals surface area contributed by atoms with E-state index in [1.54, 1.807) is 12.0 Å². The summed E-state index contributed by atoms with van der Waals surface area (Å²) in [5, 5.41) is 1.78. The number of aromatic nitrogens is 1. The van der Waals surface area contributed by atoms with Crippen molar-refractivity contribution in [1.82, 2.24) is 14.8 Å². The molecule has 1 saturated heterocycles. The molecule has 1 fully saturated rings. The number of benzene rings is 1. The van der Waals surface area contributed by atoms with E-state index in [0.29, 0.717) is 44.2 Å². The Morgan fingerprint density at radius 1 is 1.42 bits per heavy atom. The fourth-order valence-corrected chi connectivity index (χ4v) is 4.23. The smallest absolute Gasteiger partial charge is 0.228 e. The van der Waals surface area contributed by atoms with Crippen LogP contribution < -0.4 is 0 Å². The lowest BCUT2D eigenvalue weighted by Crippen LogP contribution is -2.40. The molecule has 1 aromatic carbocycles. The maximum Gasteiger partial charge on any atom is 0.228 e. The monoisotopic (exact) mass is 375 g/mol. The van der Waals surface area contributed by atoms with Crippen LogP contribution in [-0.2, 0) is 27.3 Å². The third kappa shape index (κ3) is 2.97. The zero-order chi connectivity index (χ0) is 18.3. The van der Waals surface area contributed by atoms with Gasteiger partial charge in [0.15, 0.2) is 0 Å². The van der Waals surface area contributed by atoms with Gasteiger partial charge in [0.25, 0.3) is 0 Å². The van der Waals surface area contributed by atoms with Crippen LogP contribution in [0.1, 0.15) is 17.7 Å². The number of para-hydroxylation sites is 1. The Labute approximate surface area is 157 Å². The summed E-state index contributed by atoms with van der Waals surface area (Å²) in [6, 6.07) is 5.84. The number of hydrogen-bond acceptors (Lipinski definition) is 3. The van der Waals surface area contributed by atoms with E-state index in [9.17, 15) is 9.59 Å². The molecule has 0 bridgehead atoms. The molecule has 2 amide bonds. The number of hydrogen-bond donors (Lipinski definition) is 1. The molecule has 0 radical (unpaired) electrons. The Hall–Kier alpha value is -2.05. The van der Waals surface area contributed by atoms with Gasteiger partial charge in [-0.25, -0.2) is 0 Å². The average molecular weight is 376 g/mol. The molecule has 2 aromatic rings. The highest BCUT2D eigenvalue weighted by molar-refractivity contribution is 6.35. The summed E-state index contributed by atoms with van der Waals surface area (Å²) in [5.41, 5.74) is 3.24. The molecule has 1 atom stereocenters. The second-order valence-corrected chi connectivity index (χ2v) is 7.40. The number of nitrogens with zero attached hydrogens (tertiary/aromatic N) is 2. The highest BCUT2D eigenvalue weighted by Crippen LogP contribution is 2.32. The largest absolute Gasteiger partial charge is 0.383 e. The number of likely N-dealkylation sites (tertiary alicyclic amines) is 1. The van der Waals surface area contributed by atoms with E-state index in [2.05, 4.69) is 4.98 Å². The number of methoxy groups -OCH3 is 1. The van der Waals surface area contributed by atoms with E-state index in [4.69, 9.17) is 16.3 Å². The minimum Gasteiger partial charge on any atom is -0.383 e. The fourth-order valence-electron chi connectivity index (χ4n) is 4.00. The summed E-state index contributed by atoms with van der Waals surface area (Å²) < 4.78 is 5.04. The van der Waals surface area contributed by atoms with Crippen molar-refractivity contribution in [2.45, 2.75) is 19.4 Å². The lowest BCUT2D eigenvalue weighted by molar-refractivity contribution is -0.136. The average Bonchev–Trinajstić information content (AvgIpc) is 3.20. The Bertz CT molecular complexity index is 863. The van der Waals surface area contributed by atoms with Gasteiger partial charge in [0, 0.05) is 62.8 Å². The predicted molar refractivity (Wildman–Crippen MR) is 99.0 cm³/mol. The van der Waals surface area contributed by atoms with Crippen LogP contribution in [0.25, 0.3) is 10.9 Å². The van der Waals surface area contributed by atoms with Gasteiger partial charge in [0.1, 0.15) is 0 Å². The normalized spacial score (nSPS) is 20.1. The molecule has 4 rings (SSSR count). The molecular weight excluding hydrogens is 354 g/mol. The molecule has 0 aliphatic carbocycles. The number of nitrogens with one attached hydrogen (secondary N) is 1. The maximum atomic E-state index is 13.0. The van der Waals surface area contributed by atoms with Crippen LogP contribution in [0.3, 0.4) is 0 Å². The third-order valence-electron chi connectivity index (χ3n) is 5.40. The van der Waals surface area contributed by atoms with Crippen molar-refractivity contribution in [1.29, 1.82) is 0 Å². The zero-order valence-electron chi connectivity index (χ0n) is 14.8. The second kappa shape index (κ2) is 6.93. The lowest BCUT2D eigenvalue weighted by atomic mass is 10.0. The number of rotatable bonds is 4. The number of aromatic amines is 1. The predicted octanol–water partition coefficient (Wildman–Crippen LogP) is 2.20. The van der Waals surface area contributed by atoms with Gasteiger partial charge >= 0.3 is 0 Å². The molecule has 6 nitrogen and oxygen atoms in total. The molecule has 2 aliphatic rings. The minimum absolute atomic E-state index is 0.0389. The van der Waals surface area contributed by atoms with Crippen molar-refractivity contribution in [2.24, 2.45) is 5.92 Å². The number of H-pyrrole nitrogens is 1. The number of ether oxygens (including phenoxy) is 1. The molecule has 138 valence electrons. The molecule has 1 aromatic heterocycles. The lowest BCUT2D eigenvalue weighted by Gasteiger charge is -2.29. The van der Waals surface area contributed by atoms with E-state index >= 15 is 0 Å². The Morgan fingerprint density at radius 2 is 2.27 bits per heavy atom. The van der Waals surface area contributed by atoms with Crippen LogP contribution in [0.15, 0.2) is 18.2 Å². The van der Waals surface area contributed by atoms with Gasteiger partial charge in [-0.05, 0) is 6.07 Å². The third-order valence-corrected chi connectivity index (χ3v) is 5.72. The van der Waals surface area contributed by atoms with Gasteiger partial charge in [-0.15, -0.1) is 0 Å². The van der Waals surface area contributed by atoms with Gasteiger partial charge in [-0.2, -0.15) is 0 Å². The number of carbonyl (C=O) groups excluding carboxylic acids is 2. The van der Waals surface area contributed by atoms with E-state index < -0.39 is 0 Å². The minimum atomic E-state index is -0.255. The first-order valence-corrected chi connectivity index (χ1v) is 9.29. The first-order chi connectivity index (χ1) is 12.6. The molecule has 7 heteroatoms. The SMILES string of the molecule is COCCN1C[C@@H](C(=O)N2CCc3[nH]c4c(Cl)cccc4c3C2)CC1=O. The summed E-state index contributed by atoms with van der Waals surface area (Å²) in [4.78, 5) is 32.1. The van der Waals surface area contributed by atoms with Gasteiger partial charge in [0.2, 0.25) is 11.8 Å². The molecular formula is C19H22ClN3O3. The van der Waals surface area contributed by atoms with E-state index in [-0.39, 0.29) is 17.7 Å². The topological polar surface area (TPSA) is 65.6 Å². The highest BCUT2D eigenvalue weighted by Gasteiger charge is 2.37. The quantitative estimate of drug-likeness (QED) is 0.890. The van der Waals surface area contributed by atoms with Gasteiger partial charge in [-0.3, -0.25) is 9.59 Å². The number of fused-ring (bicyclic) bond motifs is 3. The van der Waals surface area contributed by atoms with Crippen LogP contribution >= 0.6 is 11.6 Å². The van der Waals surface area contributed by atoms with Gasteiger partial charge in [-0.1, -0.05) is 23.7 Å². The zero-order valence-corrected chi connectivity index (χ0v) is 15.5.